The van der Waals surface area contributed by atoms with Gasteiger partial charge in [-0.15, -0.1) is 0 Å². The number of hydrogen-bond donors (Lipinski definition) is 1. The molecule has 3 atom stereocenters. The van der Waals surface area contributed by atoms with Crippen LogP contribution in [0.3, 0.4) is 0 Å². The van der Waals surface area contributed by atoms with Crippen molar-refractivity contribution in [3.63, 3.8) is 0 Å². The molecular formula is C16H20IN. The molecule has 2 rings (SSSR count). The van der Waals surface area contributed by atoms with E-state index in [0.29, 0.717) is 17.9 Å². The summed E-state index contributed by atoms with van der Waals surface area (Å²) < 4.78 is 1.11. The Balaban J connectivity index is 2.27. The van der Waals surface area contributed by atoms with E-state index >= 15 is 0 Å². The van der Waals surface area contributed by atoms with Gasteiger partial charge in [0.1, 0.15) is 0 Å². The highest BCUT2D eigenvalue weighted by Gasteiger charge is 2.19. The topological polar surface area (TPSA) is 12.0 Å². The first-order valence-corrected chi connectivity index (χ1v) is 8.01. The normalized spacial score (nSPS) is 23.9. The van der Waals surface area contributed by atoms with Crippen LogP contribution in [0.25, 0.3) is 0 Å². The Kier molecular flexibility index (Phi) is 4.87. The van der Waals surface area contributed by atoms with Gasteiger partial charge in [0.05, 0.1) is 0 Å². The second kappa shape index (κ2) is 6.41. The molecule has 18 heavy (non-hydrogen) atoms. The maximum absolute atomic E-state index is 3.61. The monoisotopic (exact) mass is 353 g/mol. The molecule has 0 amide bonds. The first-order valence-electron chi connectivity index (χ1n) is 6.48. The maximum Gasteiger partial charge on any atom is 0.0381 e. The quantitative estimate of drug-likeness (QED) is 0.608. The van der Waals surface area contributed by atoms with Gasteiger partial charge in [-0.1, -0.05) is 72.0 Å². The number of para-hydroxylation sites is 1. The van der Waals surface area contributed by atoms with Crippen LogP contribution in [0.1, 0.15) is 25.3 Å². The Hall–Kier alpha value is -0.770. The Morgan fingerprint density at radius 2 is 1.94 bits per heavy atom. The lowest BCUT2D eigenvalue weighted by Gasteiger charge is -2.25. The summed E-state index contributed by atoms with van der Waals surface area (Å²) in [5.41, 5.74) is 2.68. The number of halogens is 1. The van der Waals surface area contributed by atoms with Gasteiger partial charge >= 0.3 is 0 Å². The van der Waals surface area contributed by atoms with Gasteiger partial charge in [-0.2, -0.15) is 0 Å². The zero-order valence-electron chi connectivity index (χ0n) is 10.9. The van der Waals surface area contributed by atoms with E-state index in [1.807, 2.05) is 0 Å². The van der Waals surface area contributed by atoms with Crippen molar-refractivity contribution in [2.24, 2.45) is 5.92 Å². The molecule has 0 aliphatic heterocycles. The molecule has 0 saturated carbocycles. The van der Waals surface area contributed by atoms with Gasteiger partial charge in [-0.3, -0.25) is 0 Å². The van der Waals surface area contributed by atoms with Crippen LogP contribution in [0.2, 0.25) is 0 Å². The predicted molar refractivity (Wildman–Crippen MR) is 88.6 cm³/mol. The number of anilines is 1. The third kappa shape index (κ3) is 3.16. The molecule has 1 aliphatic rings. The summed E-state index contributed by atoms with van der Waals surface area (Å²) in [6, 6.07) is 9.18. The fourth-order valence-corrected chi connectivity index (χ4v) is 2.55. The Bertz CT molecular complexity index is 450. The summed E-state index contributed by atoms with van der Waals surface area (Å²) in [5.74, 6) is 1.05. The summed E-state index contributed by atoms with van der Waals surface area (Å²) >= 11 is 2.42. The van der Waals surface area contributed by atoms with E-state index in [-0.39, 0.29) is 0 Å². The number of alkyl halides is 1. The van der Waals surface area contributed by atoms with Crippen molar-refractivity contribution in [1.82, 2.24) is 0 Å². The molecule has 2 heteroatoms. The molecule has 0 radical (unpaired) electrons. The largest absolute Gasteiger partial charge is 0.382 e. The molecule has 1 aromatic carbocycles. The second-order valence-corrected chi connectivity index (χ2v) is 5.82. The highest BCUT2D eigenvalue weighted by Crippen LogP contribution is 2.34. The van der Waals surface area contributed by atoms with Crippen LogP contribution in [0.4, 0.5) is 5.69 Å². The molecule has 0 spiro atoms. The molecule has 0 heterocycles. The first kappa shape index (κ1) is 13.7. The predicted octanol–water partition coefficient (Wildman–Crippen LogP) is 4.77. The number of hydrogen-bond acceptors (Lipinski definition) is 1. The Morgan fingerprint density at radius 3 is 2.67 bits per heavy atom. The van der Waals surface area contributed by atoms with Crippen molar-refractivity contribution in [3.05, 3.63) is 54.1 Å². The van der Waals surface area contributed by atoms with Crippen molar-refractivity contribution >= 4 is 28.3 Å². The van der Waals surface area contributed by atoms with E-state index in [1.165, 1.54) is 11.3 Å². The molecule has 0 saturated heterocycles. The number of allylic oxidation sites excluding steroid dienone is 4. The van der Waals surface area contributed by atoms with Gasteiger partial charge in [0.25, 0.3) is 0 Å². The summed E-state index contributed by atoms with van der Waals surface area (Å²) in [4.78, 5) is 0. The summed E-state index contributed by atoms with van der Waals surface area (Å²) in [6.07, 6.45) is 8.89. The lowest BCUT2D eigenvalue weighted by atomic mass is 9.83. The zero-order valence-corrected chi connectivity index (χ0v) is 13.1. The maximum atomic E-state index is 3.61. The van der Waals surface area contributed by atoms with Crippen molar-refractivity contribution in [3.8, 4) is 0 Å². The Labute approximate surface area is 124 Å². The zero-order chi connectivity index (χ0) is 13.0. The number of rotatable bonds is 4. The summed E-state index contributed by atoms with van der Waals surface area (Å²) in [6.45, 7) is 4.51. The third-order valence-corrected chi connectivity index (χ3v) is 4.69. The van der Waals surface area contributed by atoms with Crippen molar-refractivity contribution in [2.75, 3.05) is 9.74 Å². The van der Waals surface area contributed by atoms with Gasteiger partial charge < -0.3 is 5.32 Å². The van der Waals surface area contributed by atoms with Crippen LogP contribution in [0.15, 0.2) is 48.6 Å². The van der Waals surface area contributed by atoms with Crippen molar-refractivity contribution in [1.29, 1.82) is 0 Å². The standard InChI is InChI=1S/C16H20IN/c1-12-7-3-4-8-14(12)15-9-5-6-10-16(15)18-13(2)11-17/h3-10,12-14,18H,11H2,1-2H3. The smallest absolute Gasteiger partial charge is 0.0381 e. The number of benzene rings is 1. The molecule has 0 bridgehead atoms. The fraction of sp³-hybridized carbons (Fsp3) is 0.375. The minimum Gasteiger partial charge on any atom is -0.382 e. The summed E-state index contributed by atoms with van der Waals surface area (Å²) in [5, 5.41) is 3.61. The highest BCUT2D eigenvalue weighted by atomic mass is 127. The number of nitrogens with one attached hydrogen (secondary N) is 1. The van der Waals surface area contributed by atoms with Gasteiger partial charge in [-0.05, 0) is 24.5 Å². The van der Waals surface area contributed by atoms with Crippen molar-refractivity contribution < 1.29 is 0 Å². The van der Waals surface area contributed by atoms with E-state index in [2.05, 4.69) is 90.3 Å². The molecule has 0 aromatic heterocycles. The van der Waals surface area contributed by atoms with E-state index in [0.717, 1.165) is 4.43 Å². The highest BCUT2D eigenvalue weighted by molar-refractivity contribution is 14.1. The third-order valence-electron chi connectivity index (χ3n) is 3.36. The molecule has 0 fully saturated rings. The minimum absolute atomic E-state index is 0.486. The van der Waals surface area contributed by atoms with Crippen LogP contribution < -0.4 is 5.32 Å². The van der Waals surface area contributed by atoms with Crippen molar-refractivity contribution in [2.45, 2.75) is 25.8 Å². The van der Waals surface area contributed by atoms with Gasteiger partial charge in [0, 0.05) is 22.1 Å². The van der Waals surface area contributed by atoms with Crippen LogP contribution in [-0.4, -0.2) is 10.5 Å². The van der Waals surface area contributed by atoms with Crippen LogP contribution in [0.5, 0.6) is 0 Å². The van der Waals surface area contributed by atoms with E-state index in [9.17, 15) is 0 Å². The molecular weight excluding hydrogens is 333 g/mol. The molecule has 1 nitrogen and oxygen atoms in total. The molecule has 1 aromatic rings. The lowest BCUT2D eigenvalue weighted by Crippen LogP contribution is -2.19. The van der Waals surface area contributed by atoms with Gasteiger partial charge in [-0.25, -0.2) is 0 Å². The van der Waals surface area contributed by atoms with E-state index in [4.69, 9.17) is 0 Å². The van der Waals surface area contributed by atoms with Gasteiger partial charge in [0.2, 0.25) is 0 Å². The second-order valence-electron chi connectivity index (χ2n) is 4.94. The molecule has 1 N–H and O–H groups in total. The van der Waals surface area contributed by atoms with Crippen LogP contribution in [-0.2, 0) is 0 Å². The fourth-order valence-electron chi connectivity index (χ4n) is 2.33. The van der Waals surface area contributed by atoms with E-state index < -0.39 is 0 Å². The van der Waals surface area contributed by atoms with E-state index in [1.54, 1.807) is 0 Å². The minimum atomic E-state index is 0.486. The SMILES string of the molecule is CC(CI)Nc1ccccc1C1C=CC=CC1C. The molecule has 96 valence electrons. The first-order chi connectivity index (χ1) is 8.72. The summed E-state index contributed by atoms with van der Waals surface area (Å²) in [7, 11) is 0. The van der Waals surface area contributed by atoms with Crippen LogP contribution >= 0.6 is 22.6 Å². The molecule has 3 unspecified atom stereocenters. The molecule has 1 aliphatic carbocycles. The average molecular weight is 353 g/mol. The Morgan fingerprint density at radius 1 is 1.22 bits per heavy atom. The van der Waals surface area contributed by atoms with Gasteiger partial charge in [0.15, 0.2) is 0 Å². The lowest BCUT2D eigenvalue weighted by molar-refractivity contribution is 0.635. The average Bonchev–Trinajstić information content (AvgIpc) is 2.40. The van der Waals surface area contributed by atoms with Crippen LogP contribution in [0, 0.1) is 5.92 Å².